The zero-order valence-electron chi connectivity index (χ0n) is 12.7. The summed E-state index contributed by atoms with van der Waals surface area (Å²) < 4.78 is 11.0. The number of hydrogen-bond acceptors (Lipinski definition) is 3. The van der Waals surface area contributed by atoms with Gasteiger partial charge in [-0.3, -0.25) is 0 Å². The monoisotopic (exact) mass is 285 g/mol. The van der Waals surface area contributed by atoms with E-state index in [0.717, 1.165) is 35.7 Å². The summed E-state index contributed by atoms with van der Waals surface area (Å²) >= 11 is 0. The summed E-state index contributed by atoms with van der Waals surface area (Å²) in [5.41, 5.74) is 8.45. The van der Waals surface area contributed by atoms with E-state index in [1.165, 1.54) is 0 Å². The second-order valence-electron chi connectivity index (χ2n) is 4.90. The van der Waals surface area contributed by atoms with E-state index in [2.05, 4.69) is 6.92 Å². The van der Waals surface area contributed by atoms with Crippen molar-refractivity contribution in [3.05, 3.63) is 59.7 Å². The van der Waals surface area contributed by atoms with Crippen LogP contribution in [-0.2, 0) is 0 Å². The molecule has 2 aromatic carbocycles. The van der Waals surface area contributed by atoms with Crippen LogP contribution in [0.2, 0.25) is 0 Å². The van der Waals surface area contributed by atoms with E-state index in [4.69, 9.17) is 15.2 Å². The summed E-state index contributed by atoms with van der Waals surface area (Å²) in [7, 11) is 0. The number of benzene rings is 2. The molecule has 3 nitrogen and oxygen atoms in total. The van der Waals surface area contributed by atoms with E-state index in [-0.39, 0.29) is 6.04 Å². The standard InChI is InChI=1S/C18H23NO2/c1-3-13-21-17-11-7-15(8-12-17)18(19)14-5-9-16(10-6-14)20-4-2/h5-12,18H,3-4,13,19H2,1-2H3. The molecule has 0 aromatic heterocycles. The van der Waals surface area contributed by atoms with Crippen LogP contribution in [-0.4, -0.2) is 13.2 Å². The van der Waals surface area contributed by atoms with E-state index in [9.17, 15) is 0 Å². The van der Waals surface area contributed by atoms with Crippen molar-refractivity contribution in [3.63, 3.8) is 0 Å². The molecule has 2 aromatic rings. The maximum absolute atomic E-state index is 6.31. The van der Waals surface area contributed by atoms with Crippen molar-refractivity contribution in [2.24, 2.45) is 5.73 Å². The van der Waals surface area contributed by atoms with Crippen LogP contribution in [0, 0.1) is 0 Å². The van der Waals surface area contributed by atoms with Crippen molar-refractivity contribution in [2.75, 3.05) is 13.2 Å². The predicted molar refractivity (Wildman–Crippen MR) is 85.9 cm³/mol. The zero-order chi connectivity index (χ0) is 15.1. The van der Waals surface area contributed by atoms with E-state index in [0.29, 0.717) is 6.61 Å². The van der Waals surface area contributed by atoms with Gasteiger partial charge in [-0.1, -0.05) is 31.2 Å². The normalized spacial score (nSPS) is 12.0. The molecule has 3 heteroatoms. The Bertz CT molecular complexity index is 534. The van der Waals surface area contributed by atoms with Crippen LogP contribution in [0.15, 0.2) is 48.5 Å². The fourth-order valence-electron chi connectivity index (χ4n) is 2.12. The lowest BCUT2D eigenvalue weighted by atomic mass is 9.99. The summed E-state index contributed by atoms with van der Waals surface area (Å²) in [5, 5.41) is 0. The summed E-state index contributed by atoms with van der Waals surface area (Å²) in [6, 6.07) is 15.8. The topological polar surface area (TPSA) is 44.5 Å². The smallest absolute Gasteiger partial charge is 0.119 e. The fourth-order valence-corrected chi connectivity index (χ4v) is 2.12. The molecule has 0 amide bonds. The first-order valence-electron chi connectivity index (χ1n) is 7.45. The molecular weight excluding hydrogens is 262 g/mol. The lowest BCUT2D eigenvalue weighted by molar-refractivity contribution is 0.317. The lowest BCUT2D eigenvalue weighted by Gasteiger charge is -2.14. The Morgan fingerprint density at radius 1 is 0.810 bits per heavy atom. The average molecular weight is 285 g/mol. The van der Waals surface area contributed by atoms with Gasteiger partial charge in [0.2, 0.25) is 0 Å². The highest BCUT2D eigenvalue weighted by Gasteiger charge is 2.09. The molecule has 1 unspecified atom stereocenters. The van der Waals surface area contributed by atoms with E-state index < -0.39 is 0 Å². The largest absolute Gasteiger partial charge is 0.494 e. The van der Waals surface area contributed by atoms with Gasteiger partial charge in [0.15, 0.2) is 0 Å². The van der Waals surface area contributed by atoms with Crippen LogP contribution < -0.4 is 15.2 Å². The fraction of sp³-hybridized carbons (Fsp3) is 0.333. The summed E-state index contributed by atoms with van der Waals surface area (Å²) in [4.78, 5) is 0. The van der Waals surface area contributed by atoms with Crippen LogP contribution >= 0.6 is 0 Å². The minimum absolute atomic E-state index is 0.138. The van der Waals surface area contributed by atoms with Crippen molar-refractivity contribution in [1.82, 2.24) is 0 Å². The van der Waals surface area contributed by atoms with Crippen LogP contribution in [0.4, 0.5) is 0 Å². The van der Waals surface area contributed by atoms with Crippen molar-refractivity contribution >= 4 is 0 Å². The highest BCUT2D eigenvalue weighted by Crippen LogP contribution is 2.24. The van der Waals surface area contributed by atoms with E-state index in [1.807, 2.05) is 55.5 Å². The Morgan fingerprint density at radius 2 is 1.29 bits per heavy atom. The van der Waals surface area contributed by atoms with Crippen LogP contribution in [0.3, 0.4) is 0 Å². The van der Waals surface area contributed by atoms with Gasteiger partial charge in [0.05, 0.1) is 19.3 Å². The Kier molecular flexibility index (Phi) is 5.64. The van der Waals surface area contributed by atoms with Gasteiger partial charge in [-0.05, 0) is 48.7 Å². The van der Waals surface area contributed by atoms with Crippen molar-refractivity contribution < 1.29 is 9.47 Å². The Morgan fingerprint density at radius 3 is 1.71 bits per heavy atom. The third-order valence-corrected chi connectivity index (χ3v) is 3.26. The van der Waals surface area contributed by atoms with Gasteiger partial charge >= 0.3 is 0 Å². The van der Waals surface area contributed by atoms with E-state index >= 15 is 0 Å². The maximum Gasteiger partial charge on any atom is 0.119 e. The molecule has 0 aliphatic carbocycles. The summed E-state index contributed by atoms with van der Waals surface area (Å²) in [5.74, 6) is 1.76. The molecule has 112 valence electrons. The third-order valence-electron chi connectivity index (χ3n) is 3.26. The van der Waals surface area contributed by atoms with Crippen LogP contribution in [0.25, 0.3) is 0 Å². The molecule has 0 saturated carbocycles. The number of ether oxygens (including phenoxy) is 2. The molecule has 21 heavy (non-hydrogen) atoms. The molecular formula is C18H23NO2. The van der Waals surface area contributed by atoms with Crippen molar-refractivity contribution in [2.45, 2.75) is 26.3 Å². The Balaban J connectivity index is 2.06. The van der Waals surface area contributed by atoms with Gasteiger partial charge in [-0.25, -0.2) is 0 Å². The SMILES string of the molecule is CCCOc1ccc(C(N)c2ccc(OCC)cc2)cc1. The number of hydrogen-bond donors (Lipinski definition) is 1. The molecule has 0 heterocycles. The van der Waals surface area contributed by atoms with Crippen molar-refractivity contribution in [3.8, 4) is 11.5 Å². The van der Waals surface area contributed by atoms with Gasteiger partial charge in [-0.15, -0.1) is 0 Å². The maximum atomic E-state index is 6.31. The lowest BCUT2D eigenvalue weighted by Crippen LogP contribution is -2.11. The minimum Gasteiger partial charge on any atom is -0.494 e. The highest BCUT2D eigenvalue weighted by atomic mass is 16.5. The summed E-state index contributed by atoms with van der Waals surface area (Å²) in [6.45, 7) is 5.48. The Labute approximate surface area is 126 Å². The Hall–Kier alpha value is -2.00. The highest BCUT2D eigenvalue weighted by molar-refractivity contribution is 5.37. The predicted octanol–water partition coefficient (Wildman–Crippen LogP) is 3.92. The van der Waals surface area contributed by atoms with Crippen LogP contribution in [0.5, 0.6) is 11.5 Å². The molecule has 2 rings (SSSR count). The molecule has 0 aliphatic heterocycles. The molecule has 1 atom stereocenters. The van der Waals surface area contributed by atoms with Gasteiger partial charge in [0.1, 0.15) is 11.5 Å². The quantitative estimate of drug-likeness (QED) is 0.838. The second kappa shape index (κ2) is 7.70. The van der Waals surface area contributed by atoms with Crippen molar-refractivity contribution in [1.29, 1.82) is 0 Å². The first kappa shape index (κ1) is 15.4. The first-order valence-corrected chi connectivity index (χ1v) is 7.45. The first-order chi connectivity index (χ1) is 10.2. The molecule has 0 spiro atoms. The average Bonchev–Trinajstić information content (AvgIpc) is 2.54. The molecule has 2 N–H and O–H groups in total. The van der Waals surface area contributed by atoms with Gasteiger partial charge in [0.25, 0.3) is 0 Å². The molecule has 0 saturated heterocycles. The molecule has 0 radical (unpaired) electrons. The molecule has 0 fully saturated rings. The molecule has 0 aliphatic rings. The number of rotatable bonds is 7. The van der Waals surface area contributed by atoms with E-state index in [1.54, 1.807) is 0 Å². The molecule has 0 bridgehead atoms. The summed E-state index contributed by atoms with van der Waals surface area (Å²) in [6.07, 6.45) is 1.01. The number of nitrogens with two attached hydrogens (primary N) is 1. The third kappa shape index (κ3) is 4.23. The van der Waals surface area contributed by atoms with Gasteiger partial charge in [-0.2, -0.15) is 0 Å². The minimum atomic E-state index is -0.138. The van der Waals surface area contributed by atoms with Gasteiger partial charge in [0, 0.05) is 0 Å². The van der Waals surface area contributed by atoms with Gasteiger partial charge < -0.3 is 15.2 Å². The zero-order valence-corrected chi connectivity index (χ0v) is 12.7. The van der Waals surface area contributed by atoms with Crippen LogP contribution in [0.1, 0.15) is 37.4 Å². The second-order valence-corrected chi connectivity index (χ2v) is 4.90.